The van der Waals surface area contributed by atoms with Crippen LogP contribution in [0, 0.1) is 12.8 Å². The highest BCUT2D eigenvalue weighted by molar-refractivity contribution is 6.42. The van der Waals surface area contributed by atoms with Gasteiger partial charge in [0.2, 0.25) is 5.88 Å². The minimum atomic E-state index is -0.208. The van der Waals surface area contributed by atoms with Gasteiger partial charge in [-0.2, -0.15) is 0 Å². The summed E-state index contributed by atoms with van der Waals surface area (Å²) >= 11 is 18.4. The molecule has 0 radical (unpaired) electrons. The summed E-state index contributed by atoms with van der Waals surface area (Å²) in [6.45, 7) is 4.96. The second-order valence-electron chi connectivity index (χ2n) is 7.98. The molecule has 4 rings (SSSR count). The van der Waals surface area contributed by atoms with E-state index in [0.29, 0.717) is 39.6 Å². The summed E-state index contributed by atoms with van der Waals surface area (Å²) in [5.41, 5.74) is 2.45. The minimum absolute atomic E-state index is 0.0246. The number of benzene rings is 1. The Morgan fingerprint density at radius 3 is 2.56 bits per heavy atom. The lowest BCUT2D eigenvalue weighted by Crippen LogP contribution is -2.32. The molecule has 5 nitrogen and oxygen atoms in total. The summed E-state index contributed by atoms with van der Waals surface area (Å²) in [6, 6.07) is 12.7. The van der Waals surface area contributed by atoms with Crippen molar-refractivity contribution in [3.05, 3.63) is 86.7 Å². The van der Waals surface area contributed by atoms with E-state index in [-0.39, 0.29) is 23.8 Å². The smallest absolute Gasteiger partial charge is 0.254 e. The molecule has 0 spiro atoms. The lowest BCUT2D eigenvalue weighted by molar-refractivity contribution is 0.0769. The number of ether oxygens (including phenoxy) is 1. The number of hydrogen-bond acceptors (Lipinski definition) is 4. The molecule has 1 saturated heterocycles. The molecule has 3 atom stereocenters. The molecular formula is C24H22Cl3N3O2. The second kappa shape index (κ2) is 9.65. The SMILES string of the molecule is Cc1cc(C(=O)N2C[C@@H]([C@@H](C)Oc3ccc(Cl)cn3)[C@H](c3ccc(Cl)c(Cl)c3)C2)ccn1. The highest BCUT2D eigenvalue weighted by atomic mass is 35.5. The topological polar surface area (TPSA) is 55.3 Å². The number of rotatable bonds is 5. The minimum Gasteiger partial charge on any atom is -0.474 e. The summed E-state index contributed by atoms with van der Waals surface area (Å²) in [6.07, 6.45) is 3.00. The maximum atomic E-state index is 13.2. The number of aryl methyl sites for hydroxylation is 1. The first-order chi connectivity index (χ1) is 15.3. The van der Waals surface area contributed by atoms with Gasteiger partial charge in [0, 0.05) is 54.6 Å². The van der Waals surface area contributed by atoms with E-state index < -0.39 is 0 Å². The van der Waals surface area contributed by atoms with Gasteiger partial charge < -0.3 is 9.64 Å². The molecule has 1 aromatic carbocycles. The summed E-state index contributed by atoms with van der Waals surface area (Å²) in [5, 5.41) is 1.54. The van der Waals surface area contributed by atoms with Gasteiger partial charge in [-0.1, -0.05) is 40.9 Å². The van der Waals surface area contributed by atoms with Crippen LogP contribution in [0.5, 0.6) is 5.88 Å². The van der Waals surface area contributed by atoms with Crippen LogP contribution < -0.4 is 4.74 Å². The zero-order chi connectivity index (χ0) is 22.8. The van der Waals surface area contributed by atoms with Crippen LogP contribution in [0.2, 0.25) is 15.1 Å². The van der Waals surface area contributed by atoms with Gasteiger partial charge in [-0.25, -0.2) is 4.98 Å². The van der Waals surface area contributed by atoms with Crippen LogP contribution >= 0.6 is 34.8 Å². The fraction of sp³-hybridized carbons (Fsp3) is 0.292. The van der Waals surface area contributed by atoms with Crippen LogP contribution in [0.15, 0.2) is 54.9 Å². The third-order valence-electron chi connectivity index (χ3n) is 5.78. The molecule has 1 amide bonds. The molecule has 0 N–H and O–H groups in total. The largest absolute Gasteiger partial charge is 0.474 e. The standard InChI is InChI=1S/C24H22Cl3N3O2/c1-14-9-17(7-8-28-14)24(31)30-12-19(15(2)32-23-6-4-18(25)11-29-23)20(13-30)16-3-5-21(26)22(27)10-16/h3-11,15,19-20H,12-13H2,1-2H3/t15-,19+,20+/m1/s1. The van der Waals surface area contributed by atoms with Gasteiger partial charge in [0.25, 0.3) is 5.91 Å². The highest BCUT2D eigenvalue weighted by Crippen LogP contribution is 2.38. The summed E-state index contributed by atoms with van der Waals surface area (Å²) < 4.78 is 6.14. The van der Waals surface area contributed by atoms with Gasteiger partial charge in [-0.05, 0) is 49.7 Å². The quantitative estimate of drug-likeness (QED) is 0.436. The first-order valence-electron chi connectivity index (χ1n) is 10.3. The van der Waals surface area contributed by atoms with E-state index in [4.69, 9.17) is 39.5 Å². The number of nitrogens with zero attached hydrogens (tertiary/aromatic N) is 3. The van der Waals surface area contributed by atoms with E-state index in [1.807, 2.05) is 30.9 Å². The average Bonchev–Trinajstić information content (AvgIpc) is 3.22. The van der Waals surface area contributed by atoms with E-state index in [1.165, 1.54) is 0 Å². The number of pyridine rings is 2. The second-order valence-corrected chi connectivity index (χ2v) is 9.23. The highest BCUT2D eigenvalue weighted by Gasteiger charge is 2.40. The first-order valence-corrected chi connectivity index (χ1v) is 11.4. The third-order valence-corrected chi connectivity index (χ3v) is 6.74. The van der Waals surface area contributed by atoms with Gasteiger partial charge >= 0.3 is 0 Å². The molecule has 8 heteroatoms. The van der Waals surface area contributed by atoms with Gasteiger partial charge in [0.1, 0.15) is 6.10 Å². The van der Waals surface area contributed by atoms with Gasteiger partial charge in [-0.3, -0.25) is 9.78 Å². The number of halogens is 3. The molecule has 166 valence electrons. The van der Waals surface area contributed by atoms with Crippen molar-refractivity contribution >= 4 is 40.7 Å². The molecule has 3 heterocycles. The monoisotopic (exact) mass is 489 g/mol. The van der Waals surface area contributed by atoms with Crippen LogP contribution in [0.3, 0.4) is 0 Å². The van der Waals surface area contributed by atoms with Gasteiger partial charge in [0.15, 0.2) is 0 Å². The molecule has 0 saturated carbocycles. The molecule has 0 aliphatic carbocycles. The summed E-state index contributed by atoms with van der Waals surface area (Å²) in [5.74, 6) is 0.514. The molecule has 1 aliphatic rings. The van der Waals surface area contributed by atoms with Gasteiger partial charge in [0.05, 0.1) is 15.1 Å². The van der Waals surface area contributed by atoms with Crippen molar-refractivity contribution < 1.29 is 9.53 Å². The van der Waals surface area contributed by atoms with Crippen molar-refractivity contribution in [1.82, 2.24) is 14.9 Å². The first kappa shape index (κ1) is 22.8. The van der Waals surface area contributed by atoms with E-state index in [0.717, 1.165) is 11.3 Å². The molecular weight excluding hydrogens is 469 g/mol. The van der Waals surface area contributed by atoms with E-state index >= 15 is 0 Å². The molecule has 1 fully saturated rings. The third kappa shape index (κ3) is 5.01. The Kier molecular flexibility index (Phi) is 6.89. The van der Waals surface area contributed by atoms with Crippen molar-refractivity contribution in [1.29, 1.82) is 0 Å². The van der Waals surface area contributed by atoms with Crippen molar-refractivity contribution in [3.63, 3.8) is 0 Å². The van der Waals surface area contributed by atoms with Gasteiger partial charge in [-0.15, -0.1) is 0 Å². The number of aromatic nitrogens is 2. The fourth-order valence-electron chi connectivity index (χ4n) is 4.14. The van der Waals surface area contributed by atoms with Crippen LogP contribution in [-0.2, 0) is 0 Å². The van der Waals surface area contributed by atoms with Crippen LogP contribution in [0.1, 0.15) is 34.5 Å². The van der Waals surface area contributed by atoms with Crippen molar-refractivity contribution in [3.8, 4) is 5.88 Å². The lowest BCUT2D eigenvalue weighted by Gasteiger charge is -2.25. The number of hydrogen-bond donors (Lipinski definition) is 0. The summed E-state index contributed by atoms with van der Waals surface area (Å²) in [7, 11) is 0. The Labute approximate surface area is 202 Å². The van der Waals surface area contributed by atoms with E-state index in [2.05, 4.69) is 9.97 Å². The Bertz CT molecular complexity index is 1120. The molecule has 0 unspecified atom stereocenters. The predicted molar refractivity (Wildman–Crippen MR) is 127 cm³/mol. The normalized spacial score (nSPS) is 19.1. The molecule has 0 bridgehead atoms. The zero-order valence-corrected chi connectivity index (χ0v) is 19.9. The van der Waals surface area contributed by atoms with Crippen molar-refractivity contribution in [2.24, 2.45) is 5.92 Å². The fourth-order valence-corrected chi connectivity index (χ4v) is 4.56. The van der Waals surface area contributed by atoms with Crippen LogP contribution in [0.25, 0.3) is 0 Å². The van der Waals surface area contributed by atoms with Crippen molar-refractivity contribution in [2.75, 3.05) is 13.1 Å². The maximum absolute atomic E-state index is 13.2. The summed E-state index contributed by atoms with van der Waals surface area (Å²) in [4.78, 5) is 23.5. The maximum Gasteiger partial charge on any atom is 0.254 e. The van der Waals surface area contributed by atoms with Crippen LogP contribution in [-0.4, -0.2) is 40.0 Å². The lowest BCUT2D eigenvalue weighted by atomic mass is 9.86. The molecule has 1 aliphatic heterocycles. The van der Waals surface area contributed by atoms with E-state index in [1.54, 1.807) is 42.7 Å². The molecule has 32 heavy (non-hydrogen) atoms. The number of carbonyl (C=O) groups excluding carboxylic acids is 1. The Morgan fingerprint density at radius 2 is 1.88 bits per heavy atom. The zero-order valence-electron chi connectivity index (χ0n) is 17.6. The Morgan fingerprint density at radius 1 is 1.06 bits per heavy atom. The molecule has 2 aromatic heterocycles. The number of amides is 1. The van der Waals surface area contributed by atoms with E-state index in [9.17, 15) is 4.79 Å². The predicted octanol–water partition coefficient (Wildman–Crippen LogP) is 6.07. The number of likely N-dealkylation sites (tertiary alicyclic amines) is 1. The van der Waals surface area contributed by atoms with Crippen molar-refractivity contribution in [2.45, 2.75) is 25.9 Å². The Balaban J connectivity index is 1.61. The van der Waals surface area contributed by atoms with Crippen LogP contribution in [0.4, 0.5) is 0 Å². The number of carbonyl (C=O) groups is 1. The molecule has 3 aromatic rings. The Hall–Kier alpha value is -2.34. The average molecular weight is 491 g/mol.